The molecule has 1 atom stereocenters. The minimum atomic E-state index is -0.610. The minimum Gasteiger partial charge on any atom is -0.339 e. The summed E-state index contributed by atoms with van der Waals surface area (Å²) in [4.78, 5) is 4.16. The van der Waals surface area contributed by atoms with Gasteiger partial charge >= 0.3 is 0 Å². The molecule has 1 aromatic carbocycles. The number of nitrogens with zero attached hydrogens (tertiary/aromatic N) is 2. The van der Waals surface area contributed by atoms with Crippen LogP contribution in [0.3, 0.4) is 0 Å². The summed E-state index contributed by atoms with van der Waals surface area (Å²) in [5.41, 5.74) is 5.84. The predicted molar refractivity (Wildman–Crippen MR) is 65.4 cm³/mol. The zero-order valence-electron chi connectivity index (χ0n) is 10.6. The van der Waals surface area contributed by atoms with Crippen molar-refractivity contribution in [2.45, 2.75) is 19.8 Å². The Hall–Kier alpha value is -1.82. The highest BCUT2D eigenvalue weighted by atomic mass is 19.1. The van der Waals surface area contributed by atoms with Gasteiger partial charge in [-0.15, -0.1) is 0 Å². The molecule has 6 heteroatoms. The minimum absolute atomic E-state index is 0.173. The maximum Gasteiger partial charge on any atom is 0.226 e. The molecule has 102 valence electrons. The monoisotopic (exact) mass is 267 g/mol. The van der Waals surface area contributed by atoms with E-state index in [1.165, 1.54) is 12.1 Å². The SMILES string of the molecule is CC(CN)Cc1nc(Cc2ccc(F)cc2F)no1. The Labute approximate surface area is 109 Å². The summed E-state index contributed by atoms with van der Waals surface area (Å²) in [5, 5.41) is 3.78. The average Bonchev–Trinajstić information content (AvgIpc) is 2.80. The van der Waals surface area contributed by atoms with E-state index in [1.807, 2.05) is 6.92 Å². The van der Waals surface area contributed by atoms with Crippen LogP contribution in [0.1, 0.15) is 24.2 Å². The van der Waals surface area contributed by atoms with Gasteiger partial charge in [-0.05, 0) is 24.1 Å². The molecule has 2 rings (SSSR count). The molecule has 0 fully saturated rings. The fraction of sp³-hybridized carbons (Fsp3) is 0.385. The van der Waals surface area contributed by atoms with E-state index in [9.17, 15) is 8.78 Å². The number of benzene rings is 1. The molecule has 1 unspecified atom stereocenters. The number of hydrogen-bond acceptors (Lipinski definition) is 4. The zero-order chi connectivity index (χ0) is 13.8. The quantitative estimate of drug-likeness (QED) is 0.900. The number of nitrogens with two attached hydrogens (primary N) is 1. The summed E-state index contributed by atoms with van der Waals surface area (Å²) >= 11 is 0. The summed E-state index contributed by atoms with van der Waals surface area (Å²) in [6.45, 7) is 2.51. The average molecular weight is 267 g/mol. The largest absolute Gasteiger partial charge is 0.339 e. The van der Waals surface area contributed by atoms with Crippen LogP contribution in [-0.4, -0.2) is 16.7 Å². The fourth-order valence-corrected chi connectivity index (χ4v) is 1.66. The van der Waals surface area contributed by atoms with Gasteiger partial charge in [-0.1, -0.05) is 18.1 Å². The number of aromatic nitrogens is 2. The molecule has 0 radical (unpaired) electrons. The van der Waals surface area contributed by atoms with E-state index in [1.54, 1.807) is 0 Å². The third-order valence-electron chi connectivity index (χ3n) is 2.80. The van der Waals surface area contributed by atoms with Crippen molar-refractivity contribution in [1.29, 1.82) is 0 Å². The summed E-state index contributed by atoms with van der Waals surface area (Å²) in [5.74, 6) is -0.107. The first-order chi connectivity index (χ1) is 9.08. The van der Waals surface area contributed by atoms with E-state index in [2.05, 4.69) is 10.1 Å². The van der Waals surface area contributed by atoms with Gasteiger partial charge in [0.2, 0.25) is 5.89 Å². The van der Waals surface area contributed by atoms with E-state index < -0.39 is 11.6 Å². The van der Waals surface area contributed by atoms with Gasteiger partial charge < -0.3 is 10.3 Å². The van der Waals surface area contributed by atoms with Crippen molar-refractivity contribution in [3.05, 3.63) is 47.1 Å². The van der Waals surface area contributed by atoms with Crippen molar-refractivity contribution in [3.8, 4) is 0 Å². The van der Waals surface area contributed by atoms with Crippen LogP contribution in [0.15, 0.2) is 22.7 Å². The van der Waals surface area contributed by atoms with Gasteiger partial charge in [0.25, 0.3) is 0 Å². The standard InChI is InChI=1S/C13H15F2N3O/c1-8(7-16)4-13-17-12(18-19-13)5-9-2-3-10(14)6-11(9)15/h2-3,6,8H,4-5,7,16H2,1H3. The Morgan fingerprint density at radius 2 is 2.16 bits per heavy atom. The Morgan fingerprint density at radius 3 is 2.84 bits per heavy atom. The van der Waals surface area contributed by atoms with Gasteiger partial charge in [0.15, 0.2) is 5.82 Å². The molecule has 2 aromatic rings. The first-order valence-electron chi connectivity index (χ1n) is 6.04. The molecule has 0 saturated carbocycles. The van der Waals surface area contributed by atoms with E-state index in [-0.39, 0.29) is 12.3 Å². The molecule has 1 aromatic heterocycles. The normalized spacial score (nSPS) is 12.6. The highest BCUT2D eigenvalue weighted by Crippen LogP contribution is 2.14. The van der Waals surface area contributed by atoms with Crippen LogP contribution in [0.5, 0.6) is 0 Å². The number of halogens is 2. The second-order valence-electron chi connectivity index (χ2n) is 4.56. The fourth-order valence-electron chi connectivity index (χ4n) is 1.66. The number of rotatable bonds is 5. The molecule has 19 heavy (non-hydrogen) atoms. The molecule has 2 N–H and O–H groups in total. The van der Waals surface area contributed by atoms with Crippen molar-refractivity contribution < 1.29 is 13.3 Å². The molecular formula is C13H15F2N3O. The lowest BCUT2D eigenvalue weighted by atomic mass is 10.1. The van der Waals surface area contributed by atoms with Crippen LogP contribution in [0, 0.1) is 17.6 Å². The lowest BCUT2D eigenvalue weighted by Crippen LogP contribution is -2.13. The summed E-state index contributed by atoms with van der Waals surface area (Å²) in [6.07, 6.45) is 0.766. The molecule has 0 aliphatic carbocycles. The van der Waals surface area contributed by atoms with Crippen LogP contribution in [0.25, 0.3) is 0 Å². The van der Waals surface area contributed by atoms with E-state index >= 15 is 0 Å². The van der Waals surface area contributed by atoms with Gasteiger partial charge in [-0.2, -0.15) is 4.98 Å². The van der Waals surface area contributed by atoms with Crippen LogP contribution in [0.4, 0.5) is 8.78 Å². The first-order valence-corrected chi connectivity index (χ1v) is 6.04. The summed E-state index contributed by atoms with van der Waals surface area (Å²) in [7, 11) is 0. The molecule has 0 aliphatic heterocycles. The first kappa shape index (κ1) is 13.6. The Bertz CT molecular complexity index is 557. The Balaban J connectivity index is 2.07. The van der Waals surface area contributed by atoms with Crippen molar-refractivity contribution in [2.24, 2.45) is 11.7 Å². The highest BCUT2D eigenvalue weighted by Gasteiger charge is 2.12. The molecule has 1 heterocycles. The maximum atomic E-state index is 13.5. The molecule has 0 bridgehead atoms. The van der Waals surface area contributed by atoms with Crippen LogP contribution < -0.4 is 5.73 Å². The lowest BCUT2D eigenvalue weighted by Gasteiger charge is -2.02. The Morgan fingerprint density at radius 1 is 1.37 bits per heavy atom. The maximum absolute atomic E-state index is 13.5. The van der Waals surface area contributed by atoms with Gasteiger partial charge in [-0.25, -0.2) is 8.78 Å². The van der Waals surface area contributed by atoms with E-state index in [4.69, 9.17) is 10.3 Å². The highest BCUT2D eigenvalue weighted by molar-refractivity contribution is 5.21. The van der Waals surface area contributed by atoms with Gasteiger partial charge in [-0.3, -0.25) is 0 Å². The van der Waals surface area contributed by atoms with Gasteiger partial charge in [0.1, 0.15) is 11.6 Å². The third-order valence-corrected chi connectivity index (χ3v) is 2.80. The van der Waals surface area contributed by atoms with E-state index in [0.29, 0.717) is 30.2 Å². The molecule has 0 saturated heterocycles. The summed E-state index contributed by atoms with van der Waals surface area (Å²) < 4.78 is 31.3. The van der Waals surface area contributed by atoms with Crippen molar-refractivity contribution in [1.82, 2.24) is 10.1 Å². The summed E-state index contributed by atoms with van der Waals surface area (Å²) in [6, 6.07) is 3.42. The molecule has 0 spiro atoms. The van der Waals surface area contributed by atoms with Gasteiger partial charge in [0, 0.05) is 18.9 Å². The lowest BCUT2D eigenvalue weighted by molar-refractivity contribution is 0.356. The molecule has 0 aliphatic rings. The molecular weight excluding hydrogens is 252 g/mol. The van der Waals surface area contributed by atoms with Crippen LogP contribution >= 0.6 is 0 Å². The Kier molecular flexibility index (Phi) is 4.21. The second-order valence-corrected chi connectivity index (χ2v) is 4.56. The predicted octanol–water partition coefficient (Wildman–Crippen LogP) is 2.08. The second kappa shape index (κ2) is 5.88. The topological polar surface area (TPSA) is 64.9 Å². The third kappa shape index (κ3) is 3.57. The van der Waals surface area contributed by atoms with Crippen molar-refractivity contribution >= 4 is 0 Å². The van der Waals surface area contributed by atoms with Crippen LogP contribution in [0.2, 0.25) is 0 Å². The molecule has 4 nitrogen and oxygen atoms in total. The van der Waals surface area contributed by atoms with Crippen molar-refractivity contribution in [3.63, 3.8) is 0 Å². The van der Waals surface area contributed by atoms with E-state index in [0.717, 1.165) is 6.07 Å². The zero-order valence-corrected chi connectivity index (χ0v) is 10.6. The number of hydrogen-bond donors (Lipinski definition) is 1. The van der Waals surface area contributed by atoms with Gasteiger partial charge in [0.05, 0.1) is 0 Å². The molecule has 0 amide bonds. The smallest absolute Gasteiger partial charge is 0.226 e. The van der Waals surface area contributed by atoms with Crippen molar-refractivity contribution in [2.75, 3.05) is 6.54 Å². The van der Waals surface area contributed by atoms with Crippen LogP contribution in [-0.2, 0) is 12.8 Å².